The van der Waals surface area contributed by atoms with Gasteiger partial charge in [0.05, 0.1) is 12.7 Å². The average molecular weight is 475 g/mol. The summed E-state index contributed by atoms with van der Waals surface area (Å²) in [5, 5.41) is 10.7. The van der Waals surface area contributed by atoms with E-state index in [2.05, 4.69) is 20.7 Å². The Kier molecular flexibility index (Phi) is 10.0. The highest BCUT2D eigenvalue weighted by molar-refractivity contribution is 14.0. The molecule has 8 heteroatoms. The summed E-state index contributed by atoms with van der Waals surface area (Å²) in [5.41, 5.74) is 1.23. The molecule has 0 amide bonds. The first kappa shape index (κ1) is 22.2. The molecule has 0 aliphatic rings. The van der Waals surface area contributed by atoms with Crippen molar-refractivity contribution in [2.45, 2.75) is 25.9 Å². The Bertz CT molecular complexity index is 674. The molecule has 0 bridgehead atoms. The zero-order valence-corrected chi connectivity index (χ0v) is 17.7. The van der Waals surface area contributed by atoms with Crippen molar-refractivity contribution in [3.63, 3.8) is 0 Å². The highest BCUT2D eigenvalue weighted by atomic mass is 127. The molecule has 0 saturated carbocycles. The molecule has 144 valence electrons. The van der Waals surface area contributed by atoms with Gasteiger partial charge in [-0.2, -0.15) is 5.10 Å². The minimum absolute atomic E-state index is 0. The topological polar surface area (TPSA) is 63.5 Å². The monoisotopic (exact) mass is 475 g/mol. The van der Waals surface area contributed by atoms with E-state index in [0.717, 1.165) is 25.3 Å². The van der Waals surface area contributed by atoms with Crippen LogP contribution in [0, 0.1) is 5.82 Å². The lowest BCUT2D eigenvalue weighted by Crippen LogP contribution is -2.42. The first-order valence-corrected chi connectivity index (χ1v) is 8.41. The van der Waals surface area contributed by atoms with Gasteiger partial charge in [-0.3, -0.25) is 9.67 Å². The molecular weight excluding hydrogens is 448 g/mol. The van der Waals surface area contributed by atoms with E-state index in [-0.39, 0.29) is 35.9 Å². The fourth-order valence-corrected chi connectivity index (χ4v) is 2.35. The van der Waals surface area contributed by atoms with E-state index in [0.29, 0.717) is 12.3 Å². The van der Waals surface area contributed by atoms with E-state index in [4.69, 9.17) is 4.74 Å². The summed E-state index contributed by atoms with van der Waals surface area (Å²) in [4.78, 5) is 4.20. The van der Waals surface area contributed by atoms with Crippen LogP contribution in [0.15, 0.2) is 41.7 Å². The lowest BCUT2D eigenvalue weighted by molar-refractivity contribution is 0.223. The second-order valence-electron chi connectivity index (χ2n) is 5.89. The third-order valence-electron chi connectivity index (χ3n) is 3.62. The molecule has 1 aromatic heterocycles. The van der Waals surface area contributed by atoms with E-state index < -0.39 is 0 Å². The molecule has 0 aliphatic heterocycles. The van der Waals surface area contributed by atoms with Crippen molar-refractivity contribution in [2.24, 2.45) is 12.0 Å². The van der Waals surface area contributed by atoms with Gasteiger partial charge in [-0.25, -0.2) is 4.39 Å². The van der Waals surface area contributed by atoms with Gasteiger partial charge in [0, 0.05) is 26.8 Å². The van der Waals surface area contributed by atoms with Crippen molar-refractivity contribution in [1.82, 2.24) is 20.4 Å². The molecule has 1 aromatic carbocycles. The van der Waals surface area contributed by atoms with E-state index in [1.807, 2.05) is 31.0 Å². The summed E-state index contributed by atoms with van der Waals surface area (Å²) < 4.78 is 20.4. The molecule has 0 saturated heterocycles. The molecule has 0 spiro atoms. The van der Waals surface area contributed by atoms with Gasteiger partial charge in [-0.15, -0.1) is 24.0 Å². The molecule has 2 rings (SSSR count). The summed E-state index contributed by atoms with van der Waals surface area (Å²) in [6.07, 6.45) is 5.82. The Morgan fingerprint density at radius 1 is 1.31 bits per heavy atom. The molecular formula is C18H27FIN5O. The van der Waals surface area contributed by atoms with Gasteiger partial charge in [0.1, 0.15) is 17.7 Å². The molecule has 0 radical (unpaired) electrons. The number of halogens is 2. The third-order valence-corrected chi connectivity index (χ3v) is 3.62. The molecule has 1 atom stereocenters. The molecule has 1 heterocycles. The SMILES string of the molecule is CN=C(NCCCc1cnn(C)c1)NCC(C)Oc1ccc(F)cc1.I. The maximum absolute atomic E-state index is 12.9. The second kappa shape index (κ2) is 11.7. The van der Waals surface area contributed by atoms with Crippen LogP contribution in [0.25, 0.3) is 0 Å². The Morgan fingerprint density at radius 2 is 2.04 bits per heavy atom. The van der Waals surface area contributed by atoms with Crippen LogP contribution in [0.4, 0.5) is 4.39 Å². The minimum Gasteiger partial charge on any atom is -0.489 e. The van der Waals surface area contributed by atoms with Gasteiger partial charge < -0.3 is 15.4 Å². The van der Waals surface area contributed by atoms with Crippen LogP contribution in [0.5, 0.6) is 5.75 Å². The lowest BCUT2D eigenvalue weighted by Gasteiger charge is -2.17. The first-order valence-electron chi connectivity index (χ1n) is 8.41. The van der Waals surface area contributed by atoms with E-state index >= 15 is 0 Å². The normalized spacial score (nSPS) is 12.2. The predicted molar refractivity (Wildman–Crippen MR) is 113 cm³/mol. The first-order chi connectivity index (χ1) is 12.1. The average Bonchev–Trinajstić information content (AvgIpc) is 3.01. The third kappa shape index (κ3) is 8.03. The lowest BCUT2D eigenvalue weighted by atomic mass is 10.2. The number of nitrogens with zero attached hydrogens (tertiary/aromatic N) is 3. The Hall–Kier alpha value is -1.84. The van der Waals surface area contributed by atoms with E-state index in [1.165, 1.54) is 17.7 Å². The summed E-state index contributed by atoms with van der Waals surface area (Å²) in [7, 11) is 3.66. The number of benzene rings is 1. The van der Waals surface area contributed by atoms with Crippen LogP contribution in [0.1, 0.15) is 18.9 Å². The van der Waals surface area contributed by atoms with Gasteiger partial charge in [-0.1, -0.05) is 0 Å². The predicted octanol–water partition coefficient (Wildman–Crippen LogP) is 2.74. The Labute approximate surface area is 171 Å². The number of hydrogen-bond donors (Lipinski definition) is 2. The van der Waals surface area contributed by atoms with Crippen molar-refractivity contribution in [2.75, 3.05) is 20.1 Å². The summed E-state index contributed by atoms with van der Waals surface area (Å²) >= 11 is 0. The quantitative estimate of drug-likeness (QED) is 0.267. The standard InChI is InChI=1S/C18H26FN5O.HI/c1-14(25-17-8-6-16(19)7-9-17)11-22-18(20-2)21-10-4-5-15-12-23-24(3)13-15;/h6-9,12-14H,4-5,10-11H2,1-3H3,(H2,20,21,22);1H. The number of aromatic nitrogens is 2. The van der Waals surface area contributed by atoms with Gasteiger partial charge in [0.2, 0.25) is 0 Å². The van der Waals surface area contributed by atoms with E-state index in [9.17, 15) is 4.39 Å². The highest BCUT2D eigenvalue weighted by Gasteiger charge is 2.06. The molecule has 26 heavy (non-hydrogen) atoms. The summed E-state index contributed by atoms with van der Waals surface area (Å²) in [6, 6.07) is 6.02. The van der Waals surface area contributed by atoms with Crippen molar-refractivity contribution >= 4 is 29.9 Å². The largest absolute Gasteiger partial charge is 0.489 e. The number of rotatable bonds is 8. The van der Waals surface area contributed by atoms with Gasteiger partial charge >= 0.3 is 0 Å². The number of hydrogen-bond acceptors (Lipinski definition) is 3. The number of aliphatic imine (C=N–C) groups is 1. The maximum Gasteiger partial charge on any atom is 0.191 e. The molecule has 0 aliphatic carbocycles. The molecule has 6 nitrogen and oxygen atoms in total. The number of guanidine groups is 1. The highest BCUT2D eigenvalue weighted by Crippen LogP contribution is 2.12. The van der Waals surface area contributed by atoms with Gasteiger partial charge in [0.25, 0.3) is 0 Å². The molecule has 1 unspecified atom stereocenters. The van der Waals surface area contributed by atoms with Crippen LogP contribution in [0.2, 0.25) is 0 Å². The fourth-order valence-electron chi connectivity index (χ4n) is 2.35. The Balaban J connectivity index is 0.00000338. The Morgan fingerprint density at radius 3 is 2.65 bits per heavy atom. The van der Waals surface area contributed by atoms with Crippen LogP contribution < -0.4 is 15.4 Å². The van der Waals surface area contributed by atoms with Gasteiger partial charge in [0.15, 0.2) is 5.96 Å². The molecule has 0 fully saturated rings. The van der Waals surface area contributed by atoms with Crippen LogP contribution in [-0.4, -0.2) is 42.0 Å². The van der Waals surface area contributed by atoms with Crippen molar-refractivity contribution in [3.8, 4) is 5.75 Å². The van der Waals surface area contributed by atoms with Crippen molar-refractivity contribution in [3.05, 3.63) is 48.0 Å². The zero-order valence-electron chi connectivity index (χ0n) is 15.4. The smallest absolute Gasteiger partial charge is 0.191 e. The van der Waals surface area contributed by atoms with Crippen LogP contribution in [0.3, 0.4) is 0 Å². The minimum atomic E-state index is -0.269. The zero-order chi connectivity index (χ0) is 18.1. The van der Waals surface area contributed by atoms with Crippen LogP contribution >= 0.6 is 24.0 Å². The van der Waals surface area contributed by atoms with Crippen LogP contribution in [-0.2, 0) is 13.5 Å². The second-order valence-corrected chi connectivity index (χ2v) is 5.89. The van der Waals surface area contributed by atoms with Crippen molar-refractivity contribution < 1.29 is 9.13 Å². The molecule has 2 aromatic rings. The number of nitrogens with one attached hydrogen (secondary N) is 2. The maximum atomic E-state index is 12.9. The number of aryl methyl sites for hydroxylation is 2. The number of ether oxygens (including phenoxy) is 1. The summed E-state index contributed by atoms with van der Waals surface area (Å²) in [6.45, 7) is 3.37. The van der Waals surface area contributed by atoms with Crippen molar-refractivity contribution in [1.29, 1.82) is 0 Å². The summed E-state index contributed by atoms with van der Waals surface area (Å²) in [5.74, 6) is 1.12. The fraction of sp³-hybridized carbons (Fsp3) is 0.444. The van der Waals surface area contributed by atoms with Gasteiger partial charge in [-0.05, 0) is 49.6 Å². The molecule has 2 N–H and O–H groups in total. The van der Waals surface area contributed by atoms with E-state index in [1.54, 1.807) is 19.2 Å².